The molecule has 162 valence electrons. The fourth-order valence-electron chi connectivity index (χ4n) is 4.34. The van der Waals surface area contributed by atoms with Crippen molar-refractivity contribution in [3.8, 4) is 0 Å². The highest BCUT2D eigenvalue weighted by Crippen LogP contribution is 2.26. The van der Waals surface area contributed by atoms with E-state index in [-0.39, 0.29) is 0 Å². The Morgan fingerprint density at radius 3 is 1.39 bits per heavy atom. The summed E-state index contributed by atoms with van der Waals surface area (Å²) in [7, 11) is 0. The Morgan fingerprint density at radius 1 is 0.536 bits per heavy atom. The van der Waals surface area contributed by atoms with Crippen LogP contribution >= 0.6 is 0 Å². The molecule has 1 heteroatoms. The highest BCUT2D eigenvalue weighted by atomic mass is 14.6. The molecular weight excluding hydrogens is 338 g/mol. The number of anilines is 1. The minimum atomic E-state index is 1.03. The lowest BCUT2D eigenvalue weighted by molar-refractivity contribution is 0.570. The molecule has 1 aromatic carbocycles. The van der Waals surface area contributed by atoms with Gasteiger partial charge in [-0.15, -0.1) is 0 Å². The first-order valence-corrected chi connectivity index (χ1v) is 12.6. The van der Waals surface area contributed by atoms with Crippen molar-refractivity contribution in [1.82, 2.24) is 0 Å². The molecule has 0 amide bonds. The zero-order valence-corrected chi connectivity index (χ0v) is 19.5. The molecule has 1 rings (SSSR count). The number of unbranched alkanes of at least 4 members (excludes halogenated alkanes) is 14. The second kappa shape index (κ2) is 16.9. The minimum Gasteiger partial charge on any atom is -0.398 e. The monoisotopic (exact) mass is 387 g/mol. The maximum absolute atomic E-state index is 6.38. The Hall–Kier alpha value is -0.980. The normalized spacial score (nSPS) is 11.2. The number of hydrogen-bond donors (Lipinski definition) is 1. The van der Waals surface area contributed by atoms with Crippen molar-refractivity contribution >= 4 is 5.69 Å². The van der Waals surface area contributed by atoms with Gasteiger partial charge in [-0.1, -0.05) is 110 Å². The summed E-state index contributed by atoms with van der Waals surface area (Å²) in [5.74, 6) is 0. The van der Waals surface area contributed by atoms with Crippen LogP contribution in [0.3, 0.4) is 0 Å². The third kappa shape index (κ3) is 11.1. The van der Waals surface area contributed by atoms with Crippen LogP contribution < -0.4 is 5.73 Å². The molecule has 1 nitrogen and oxygen atoms in total. The third-order valence-corrected chi connectivity index (χ3v) is 6.26. The van der Waals surface area contributed by atoms with Crippen molar-refractivity contribution in [2.45, 2.75) is 136 Å². The molecule has 0 aliphatic heterocycles. The van der Waals surface area contributed by atoms with Gasteiger partial charge >= 0.3 is 0 Å². The summed E-state index contributed by atoms with van der Waals surface area (Å²) in [5, 5.41) is 0. The first kappa shape index (κ1) is 25.1. The van der Waals surface area contributed by atoms with E-state index in [0.717, 1.165) is 5.69 Å². The maximum Gasteiger partial charge on any atom is 0.0349 e. The molecule has 0 fully saturated rings. The zero-order valence-electron chi connectivity index (χ0n) is 19.5. The molecule has 0 unspecified atom stereocenters. The standard InChI is InChI=1S/C27H49N/c1-4-6-8-10-12-14-16-18-20-25-24(3)22-23-27(28)26(25)21-19-17-15-13-11-9-7-5-2/h22-23H,4-21,28H2,1-3H3. The van der Waals surface area contributed by atoms with Crippen molar-refractivity contribution in [1.29, 1.82) is 0 Å². The van der Waals surface area contributed by atoms with Crippen LogP contribution in [0.15, 0.2) is 12.1 Å². The average molecular weight is 388 g/mol. The smallest absolute Gasteiger partial charge is 0.0349 e. The van der Waals surface area contributed by atoms with Gasteiger partial charge < -0.3 is 5.73 Å². The SMILES string of the molecule is CCCCCCCCCCc1c(C)ccc(N)c1CCCCCCCCCC. The first-order valence-electron chi connectivity index (χ1n) is 12.6. The van der Waals surface area contributed by atoms with Crippen LogP contribution in [-0.4, -0.2) is 0 Å². The van der Waals surface area contributed by atoms with E-state index in [2.05, 4.69) is 32.9 Å². The molecule has 0 atom stereocenters. The number of benzene rings is 1. The fourth-order valence-corrected chi connectivity index (χ4v) is 4.34. The molecule has 0 radical (unpaired) electrons. The lowest BCUT2D eigenvalue weighted by Gasteiger charge is -2.16. The summed E-state index contributed by atoms with van der Waals surface area (Å²) in [4.78, 5) is 0. The molecule has 0 saturated heterocycles. The number of nitrogen functional groups attached to an aromatic ring is 1. The molecule has 28 heavy (non-hydrogen) atoms. The van der Waals surface area contributed by atoms with Crippen molar-refractivity contribution in [3.63, 3.8) is 0 Å². The molecule has 0 saturated carbocycles. The quantitative estimate of drug-likeness (QED) is 0.197. The van der Waals surface area contributed by atoms with Gasteiger partial charge in [-0.25, -0.2) is 0 Å². The molecule has 0 bridgehead atoms. The predicted molar refractivity (Wildman–Crippen MR) is 128 cm³/mol. The molecule has 1 aromatic rings. The highest BCUT2D eigenvalue weighted by Gasteiger charge is 2.09. The third-order valence-electron chi connectivity index (χ3n) is 6.26. The summed E-state index contributed by atoms with van der Waals surface area (Å²) in [6.45, 7) is 6.85. The van der Waals surface area contributed by atoms with Crippen LogP contribution in [0.1, 0.15) is 133 Å². The van der Waals surface area contributed by atoms with Crippen LogP contribution in [0, 0.1) is 6.92 Å². The van der Waals surface area contributed by atoms with Gasteiger partial charge in [0, 0.05) is 5.69 Å². The number of hydrogen-bond acceptors (Lipinski definition) is 1. The average Bonchev–Trinajstić information content (AvgIpc) is 2.69. The largest absolute Gasteiger partial charge is 0.398 e. The van der Waals surface area contributed by atoms with E-state index >= 15 is 0 Å². The van der Waals surface area contributed by atoms with E-state index in [1.54, 1.807) is 5.56 Å². The minimum absolute atomic E-state index is 1.03. The van der Waals surface area contributed by atoms with Crippen LogP contribution in [-0.2, 0) is 12.8 Å². The number of aryl methyl sites for hydroxylation is 1. The van der Waals surface area contributed by atoms with Gasteiger partial charge in [0.25, 0.3) is 0 Å². The second-order valence-electron chi connectivity index (χ2n) is 8.88. The van der Waals surface area contributed by atoms with Crippen LogP contribution in [0.2, 0.25) is 0 Å². The molecule has 0 heterocycles. The summed E-state index contributed by atoms with van der Waals surface area (Å²) in [6.07, 6.45) is 24.6. The fraction of sp³-hybridized carbons (Fsp3) is 0.778. The Labute approximate surface area is 176 Å². The molecule has 0 aliphatic carbocycles. The van der Waals surface area contributed by atoms with E-state index < -0.39 is 0 Å². The van der Waals surface area contributed by atoms with Crippen molar-refractivity contribution in [2.75, 3.05) is 5.73 Å². The molecule has 0 aliphatic rings. The van der Waals surface area contributed by atoms with E-state index in [1.165, 1.54) is 127 Å². The maximum atomic E-state index is 6.38. The van der Waals surface area contributed by atoms with E-state index in [0.29, 0.717) is 0 Å². The van der Waals surface area contributed by atoms with Gasteiger partial charge in [0.05, 0.1) is 0 Å². The van der Waals surface area contributed by atoms with Crippen LogP contribution in [0.4, 0.5) is 5.69 Å². The predicted octanol–water partition coefficient (Wildman–Crippen LogP) is 8.94. The van der Waals surface area contributed by atoms with Crippen LogP contribution in [0.25, 0.3) is 0 Å². The first-order chi connectivity index (χ1) is 13.7. The van der Waals surface area contributed by atoms with Crippen molar-refractivity contribution in [3.05, 3.63) is 28.8 Å². The lowest BCUT2D eigenvalue weighted by Crippen LogP contribution is -2.03. The Balaban J connectivity index is 2.32. The van der Waals surface area contributed by atoms with E-state index in [4.69, 9.17) is 5.73 Å². The number of rotatable bonds is 18. The van der Waals surface area contributed by atoms with Gasteiger partial charge in [-0.3, -0.25) is 0 Å². The van der Waals surface area contributed by atoms with E-state index in [1.807, 2.05) is 0 Å². The second-order valence-corrected chi connectivity index (χ2v) is 8.88. The summed E-state index contributed by atoms with van der Waals surface area (Å²) in [5.41, 5.74) is 11.9. The summed E-state index contributed by atoms with van der Waals surface area (Å²) in [6, 6.07) is 4.36. The summed E-state index contributed by atoms with van der Waals surface area (Å²) >= 11 is 0. The topological polar surface area (TPSA) is 26.0 Å². The van der Waals surface area contributed by atoms with Crippen molar-refractivity contribution in [2.24, 2.45) is 0 Å². The molecule has 0 spiro atoms. The Kier molecular flexibility index (Phi) is 15.1. The van der Waals surface area contributed by atoms with Gasteiger partial charge in [0.1, 0.15) is 0 Å². The Morgan fingerprint density at radius 2 is 0.929 bits per heavy atom. The number of nitrogens with two attached hydrogens (primary N) is 1. The molecular formula is C27H49N. The highest BCUT2D eigenvalue weighted by molar-refractivity contribution is 5.54. The van der Waals surface area contributed by atoms with Gasteiger partial charge in [0.15, 0.2) is 0 Å². The van der Waals surface area contributed by atoms with Gasteiger partial charge in [0.2, 0.25) is 0 Å². The molecule has 2 N–H and O–H groups in total. The zero-order chi connectivity index (χ0) is 20.5. The molecule has 0 aromatic heterocycles. The lowest BCUT2D eigenvalue weighted by atomic mass is 9.91. The van der Waals surface area contributed by atoms with E-state index in [9.17, 15) is 0 Å². The Bertz CT molecular complexity index is 446. The summed E-state index contributed by atoms with van der Waals surface area (Å²) < 4.78 is 0. The van der Waals surface area contributed by atoms with Crippen molar-refractivity contribution < 1.29 is 0 Å². The van der Waals surface area contributed by atoms with Crippen LogP contribution in [0.5, 0.6) is 0 Å². The van der Waals surface area contributed by atoms with Gasteiger partial charge in [-0.05, 0) is 55.4 Å². The van der Waals surface area contributed by atoms with Gasteiger partial charge in [-0.2, -0.15) is 0 Å².